The summed E-state index contributed by atoms with van der Waals surface area (Å²) in [4.78, 5) is 14.3. The summed E-state index contributed by atoms with van der Waals surface area (Å²) in [5.74, 6) is 1.28. The lowest BCUT2D eigenvalue weighted by Gasteiger charge is -2.32. The van der Waals surface area contributed by atoms with Gasteiger partial charge in [0.25, 0.3) is 0 Å². The number of nitrogens with zero attached hydrogens (tertiary/aromatic N) is 1. The molecule has 1 unspecified atom stereocenters. The van der Waals surface area contributed by atoms with Crippen LogP contribution in [0.4, 0.5) is 0 Å². The van der Waals surface area contributed by atoms with Crippen LogP contribution in [0.15, 0.2) is 30.3 Å². The lowest BCUT2D eigenvalue weighted by molar-refractivity contribution is -0.133. The van der Waals surface area contributed by atoms with Gasteiger partial charge in [-0.1, -0.05) is 30.3 Å². The summed E-state index contributed by atoms with van der Waals surface area (Å²) in [5.41, 5.74) is 1.37. The predicted octanol–water partition coefficient (Wildman–Crippen LogP) is 2.29. The molecule has 0 bridgehead atoms. The van der Waals surface area contributed by atoms with E-state index in [-0.39, 0.29) is 23.3 Å². The van der Waals surface area contributed by atoms with Gasteiger partial charge in [-0.05, 0) is 43.1 Å². The number of likely N-dealkylation sites (tertiary alicyclic amines) is 1. The monoisotopic (exact) mass is 335 g/mol. The molecule has 2 heterocycles. The van der Waals surface area contributed by atoms with E-state index >= 15 is 0 Å². The molecule has 1 aromatic rings. The van der Waals surface area contributed by atoms with Gasteiger partial charge in [-0.25, -0.2) is 8.42 Å². The first kappa shape index (κ1) is 16.5. The number of carbonyl (C=O) groups is 1. The van der Waals surface area contributed by atoms with Gasteiger partial charge in [0.05, 0.1) is 11.5 Å². The molecule has 126 valence electrons. The van der Waals surface area contributed by atoms with Gasteiger partial charge in [0.15, 0.2) is 9.84 Å². The van der Waals surface area contributed by atoms with Crippen molar-refractivity contribution in [3.8, 4) is 0 Å². The number of rotatable bonds is 4. The molecule has 0 radical (unpaired) electrons. The number of carbonyl (C=O) groups excluding carboxylic acids is 1. The average molecular weight is 335 g/mol. The molecule has 0 aliphatic carbocycles. The molecule has 1 aromatic carbocycles. The molecule has 0 N–H and O–H groups in total. The van der Waals surface area contributed by atoms with Crippen LogP contribution in [0, 0.1) is 11.8 Å². The average Bonchev–Trinajstić information content (AvgIpc) is 2.88. The summed E-state index contributed by atoms with van der Waals surface area (Å²) in [6.07, 6.45) is 4.23. The Labute approximate surface area is 138 Å². The van der Waals surface area contributed by atoms with Crippen LogP contribution in [0.5, 0.6) is 0 Å². The van der Waals surface area contributed by atoms with E-state index in [2.05, 4.69) is 24.3 Å². The number of sulfone groups is 1. The molecule has 2 fully saturated rings. The van der Waals surface area contributed by atoms with Gasteiger partial charge < -0.3 is 4.90 Å². The Kier molecular flexibility index (Phi) is 5.05. The zero-order chi connectivity index (χ0) is 16.3. The van der Waals surface area contributed by atoms with Crippen LogP contribution in [0.1, 0.15) is 31.2 Å². The molecule has 5 heteroatoms. The first-order chi connectivity index (χ1) is 11.0. The third-order valence-electron chi connectivity index (χ3n) is 5.12. The molecule has 3 rings (SSSR count). The zero-order valence-corrected chi connectivity index (χ0v) is 14.3. The number of hydrogen-bond acceptors (Lipinski definition) is 3. The lowest BCUT2D eigenvalue weighted by atomic mass is 9.90. The quantitative estimate of drug-likeness (QED) is 0.848. The van der Waals surface area contributed by atoms with Crippen LogP contribution in [0.25, 0.3) is 0 Å². The molecule has 4 nitrogen and oxygen atoms in total. The maximum Gasteiger partial charge on any atom is 0.222 e. The molecular formula is C18H25NO3S. The first-order valence-electron chi connectivity index (χ1n) is 8.54. The highest BCUT2D eigenvalue weighted by molar-refractivity contribution is 7.91. The molecular weight excluding hydrogens is 310 g/mol. The SMILES string of the molecule is O=C(CC1CCS(=O)(=O)C1)N1CCC(Cc2ccccc2)CC1. The third-order valence-corrected chi connectivity index (χ3v) is 6.96. The van der Waals surface area contributed by atoms with Crippen molar-refractivity contribution in [1.82, 2.24) is 4.90 Å². The van der Waals surface area contributed by atoms with Gasteiger partial charge in [0, 0.05) is 19.5 Å². The maximum absolute atomic E-state index is 12.4. The van der Waals surface area contributed by atoms with E-state index in [0.29, 0.717) is 18.8 Å². The van der Waals surface area contributed by atoms with Gasteiger partial charge in [-0.3, -0.25) is 4.79 Å². The number of piperidine rings is 1. The highest BCUT2D eigenvalue weighted by Gasteiger charge is 2.31. The van der Waals surface area contributed by atoms with Crippen molar-refractivity contribution in [2.45, 2.75) is 32.1 Å². The van der Waals surface area contributed by atoms with E-state index in [1.807, 2.05) is 11.0 Å². The molecule has 0 saturated carbocycles. The maximum atomic E-state index is 12.4. The number of hydrogen-bond donors (Lipinski definition) is 0. The lowest BCUT2D eigenvalue weighted by Crippen LogP contribution is -2.39. The Morgan fingerprint density at radius 2 is 1.74 bits per heavy atom. The van der Waals surface area contributed by atoms with Crippen molar-refractivity contribution < 1.29 is 13.2 Å². The summed E-state index contributed by atoms with van der Waals surface area (Å²) in [6.45, 7) is 1.63. The Bertz CT molecular complexity index is 633. The van der Waals surface area contributed by atoms with Crippen molar-refractivity contribution >= 4 is 15.7 Å². The number of benzene rings is 1. The minimum atomic E-state index is -2.89. The molecule has 1 amide bonds. The summed E-state index contributed by atoms with van der Waals surface area (Å²) in [6, 6.07) is 10.5. The van der Waals surface area contributed by atoms with Crippen molar-refractivity contribution in [2.24, 2.45) is 11.8 Å². The molecule has 2 aliphatic rings. The molecule has 2 aliphatic heterocycles. The first-order valence-corrected chi connectivity index (χ1v) is 10.4. The Hall–Kier alpha value is -1.36. The van der Waals surface area contributed by atoms with Crippen molar-refractivity contribution in [3.63, 3.8) is 0 Å². The second-order valence-corrected chi connectivity index (χ2v) is 9.22. The van der Waals surface area contributed by atoms with Gasteiger partial charge >= 0.3 is 0 Å². The summed E-state index contributed by atoms with van der Waals surface area (Å²) in [7, 11) is -2.89. The predicted molar refractivity (Wildman–Crippen MR) is 90.8 cm³/mol. The summed E-state index contributed by atoms with van der Waals surface area (Å²) in [5, 5.41) is 0. The Balaban J connectivity index is 1.44. The zero-order valence-electron chi connectivity index (χ0n) is 13.5. The molecule has 1 atom stereocenters. The minimum absolute atomic E-state index is 0.0366. The van der Waals surface area contributed by atoms with Gasteiger partial charge in [0.2, 0.25) is 5.91 Å². The summed E-state index contributed by atoms with van der Waals surface area (Å²) >= 11 is 0. The van der Waals surface area contributed by atoms with Crippen LogP contribution in [-0.2, 0) is 21.1 Å². The van der Waals surface area contributed by atoms with Crippen molar-refractivity contribution in [1.29, 1.82) is 0 Å². The van der Waals surface area contributed by atoms with Crippen molar-refractivity contribution in [3.05, 3.63) is 35.9 Å². The largest absolute Gasteiger partial charge is 0.343 e. The smallest absolute Gasteiger partial charge is 0.222 e. The Morgan fingerprint density at radius 1 is 1.04 bits per heavy atom. The molecule has 2 saturated heterocycles. The topological polar surface area (TPSA) is 54.5 Å². The van der Waals surface area contributed by atoms with E-state index in [4.69, 9.17) is 0 Å². The summed E-state index contributed by atoms with van der Waals surface area (Å²) < 4.78 is 23.0. The van der Waals surface area contributed by atoms with Crippen LogP contribution in [-0.4, -0.2) is 43.8 Å². The van der Waals surface area contributed by atoms with Gasteiger partial charge in [-0.2, -0.15) is 0 Å². The fraction of sp³-hybridized carbons (Fsp3) is 0.611. The van der Waals surface area contributed by atoms with Crippen molar-refractivity contribution in [2.75, 3.05) is 24.6 Å². The van der Waals surface area contributed by atoms with Crippen LogP contribution in [0.2, 0.25) is 0 Å². The van der Waals surface area contributed by atoms with E-state index in [0.717, 1.165) is 32.4 Å². The second-order valence-electron chi connectivity index (χ2n) is 6.99. The van der Waals surface area contributed by atoms with Crippen LogP contribution < -0.4 is 0 Å². The highest BCUT2D eigenvalue weighted by atomic mass is 32.2. The van der Waals surface area contributed by atoms with Crippen LogP contribution >= 0.6 is 0 Å². The normalized spacial score (nSPS) is 24.7. The van der Waals surface area contributed by atoms with E-state index in [9.17, 15) is 13.2 Å². The fourth-order valence-corrected chi connectivity index (χ4v) is 5.60. The van der Waals surface area contributed by atoms with E-state index < -0.39 is 9.84 Å². The molecule has 0 spiro atoms. The van der Waals surface area contributed by atoms with Gasteiger partial charge in [-0.15, -0.1) is 0 Å². The van der Waals surface area contributed by atoms with Gasteiger partial charge in [0.1, 0.15) is 0 Å². The standard InChI is InChI=1S/C18H25NO3S/c20-18(13-17-8-11-23(21,22)14-17)19-9-6-16(7-10-19)12-15-4-2-1-3-5-15/h1-5,16-17H,6-14H2. The minimum Gasteiger partial charge on any atom is -0.343 e. The second kappa shape index (κ2) is 7.04. The molecule has 0 aromatic heterocycles. The van der Waals surface area contributed by atoms with E-state index in [1.54, 1.807) is 0 Å². The van der Waals surface area contributed by atoms with E-state index in [1.165, 1.54) is 5.56 Å². The molecule has 23 heavy (non-hydrogen) atoms. The highest BCUT2D eigenvalue weighted by Crippen LogP contribution is 2.25. The third kappa shape index (κ3) is 4.56. The Morgan fingerprint density at radius 3 is 2.35 bits per heavy atom. The fourth-order valence-electron chi connectivity index (χ4n) is 3.74. The van der Waals surface area contributed by atoms with Crippen LogP contribution in [0.3, 0.4) is 0 Å². The number of amides is 1.